The second-order valence-electron chi connectivity index (χ2n) is 23.2. The number of allylic oxidation sites excluding steroid dienone is 1. The van der Waals surface area contributed by atoms with E-state index in [1.54, 1.807) is 19.8 Å². The number of amides is 2. The molecule has 5 aliphatic rings. The number of likely N-dealkylation sites (tertiary alicyclic amines) is 1. The number of fused-ring (bicyclic) bond motifs is 5. The number of carbonyl (C=O) groups excluding carboxylic acids is 2. The fourth-order valence-corrected chi connectivity index (χ4v) is 15.0. The van der Waals surface area contributed by atoms with Crippen LogP contribution < -0.4 is 14.8 Å². The number of benzene rings is 3. The molecule has 376 valence electrons. The molecule has 0 aromatic heterocycles. The van der Waals surface area contributed by atoms with Crippen LogP contribution in [-0.4, -0.2) is 68.1 Å². The molecule has 6 unspecified atom stereocenters. The van der Waals surface area contributed by atoms with Crippen molar-refractivity contribution in [1.82, 2.24) is 10.2 Å². The van der Waals surface area contributed by atoms with Gasteiger partial charge in [0.15, 0.2) is 0 Å². The first-order valence-corrected chi connectivity index (χ1v) is 27.2. The summed E-state index contributed by atoms with van der Waals surface area (Å²) in [6.45, 7) is 14.0. The molecular weight excluding hydrogens is 857 g/mol. The van der Waals surface area contributed by atoms with Crippen LogP contribution in [0.15, 0.2) is 90.5 Å². The van der Waals surface area contributed by atoms with Crippen LogP contribution in [0.1, 0.15) is 160 Å². The number of aliphatic hydroxyl groups is 1. The lowest BCUT2D eigenvalue weighted by Crippen LogP contribution is -2.51. The Morgan fingerprint density at radius 1 is 0.783 bits per heavy atom. The molecule has 3 aromatic carbocycles. The largest absolute Gasteiger partial charge is 0.497 e. The van der Waals surface area contributed by atoms with Gasteiger partial charge in [-0.25, -0.2) is 4.79 Å². The van der Waals surface area contributed by atoms with Crippen molar-refractivity contribution in [2.75, 3.05) is 33.9 Å². The molecule has 0 radical (unpaired) electrons. The van der Waals surface area contributed by atoms with E-state index in [2.05, 4.69) is 94.5 Å². The SMILES string of the molecule is COc1ccc(C(CCC2CN(C(=O)CCCCCNC(=O)O[C@H]3CC[C@@]4(C)C(=CCC5C4CC[C@@]4(C)C5CC[C@@H]4C(C)CCCC(C)C)C3)CC2O)(c2ccccc2)c2ccc(OC)cc2)cc1. The van der Waals surface area contributed by atoms with E-state index in [1.807, 2.05) is 35.2 Å². The molecule has 8 heteroatoms. The zero-order chi connectivity index (χ0) is 48.8. The van der Waals surface area contributed by atoms with Crippen molar-refractivity contribution in [3.63, 3.8) is 0 Å². The van der Waals surface area contributed by atoms with Crippen LogP contribution in [0.2, 0.25) is 0 Å². The van der Waals surface area contributed by atoms with E-state index in [4.69, 9.17) is 14.2 Å². The Labute approximate surface area is 415 Å². The third-order valence-corrected chi connectivity index (χ3v) is 19.0. The summed E-state index contributed by atoms with van der Waals surface area (Å²) in [5, 5.41) is 14.4. The number of hydrogen-bond donors (Lipinski definition) is 2. The molecule has 1 saturated heterocycles. The smallest absolute Gasteiger partial charge is 0.407 e. The lowest BCUT2D eigenvalue weighted by molar-refractivity contribution is -0.130. The number of carbonyl (C=O) groups is 2. The minimum atomic E-state index is -0.588. The van der Waals surface area contributed by atoms with Crippen LogP contribution in [0.4, 0.5) is 4.79 Å². The number of unbranched alkanes of at least 4 members (excludes halogenated alkanes) is 2. The Morgan fingerprint density at radius 2 is 1.46 bits per heavy atom. The molecule has 8 nitrogen and oxygen atoms in total. The average Bonchev–Trinajstić information content (AvgIpc) is 3.92. The Hall–Kier alpha value is -4.30. The van der Waals surface area contributed by atoms with Gasteiger partial charge in [0, 0.05) is 43.8 Å². The third-order valence-electron chi connectivity index (χ3n) is 19.0. The van der Waals surface area contributed by atoms with Gasteiger partial charge in [-0.15, -0.1) is 0 Å². The quantitative estimate of drug-likeness (QED) is 0.0665. The Morgan fingerprint density at radius 3 is 2.13 bits per heavy atom. The number of alkyl carbamates (subject to hydrolysis) is 1. The van der Waals surface area contributed by atoms with Crippen LogP contribution in [0, 0.1) is 52.3 Å². The topological polar surface area (TPSA) is 97.3 Å². The number of nitrogens with zero attached hydrogens (tertiary/aromatic N) is 1. The highest BCUT2D eigenvalue weighted by molar-refractivity contribution is 5.76. The summed E-state index contributed by atoms with van der Waals surface area (Å²) in [5.41, 5.74) is 5.22. The van der Waals surface area contributed by atoms with Crippen LogP contribution >= 0.6 is 0 Å². The summed E-state index contributed by atoms with van der Waals surface area (Å²) in [4.78, 5) is 28.5. The van der Waals surface area contributed by atoms with Crippen LogP contribution in [-0.2, 0) is 14.9 Å². The van der Waals surface area contributed by atoms with Crippen LogP contribution in [0.5, 0.6) is 11.5 Å². The summed E-state index contributed by atoms with van der Waals surface area (Å²) in [5.74, 6) is 6.56. The van der Waals surface area contributed by atoms with Crippen molar-refractivity contribution >= 4 is 12.0 Å². The minimum absolute atomic E-state index is 0.0466. The van der Waals surface area contributed by atoms with Crippen molar-refractivity contribution in [2.45, 2.75) is 161 Å². The first-order valence-electron chi connectivity index (χ1n) is 27.2. The number of methoxy groups -OCH3 is 2. The standard InChI is InChI=1S/C61H86N2O6/c1-42(2)15-14-16-43(3)53-30-31-54-52-29-24-48-39-51(33-35-59(48,4)55(52)34-36-60(53,54)5)69-58(66)62-38-13-9-12-19-57(65)63-40-44(56(64)41-63)32-37-61(45-17-10-8-11-18-45,46-20-25-49(67-6)26-21-46)47-22-27-50(68-7)28-23-47/h8,10-11,17-18,20-28,42-44,51-56,64H,9,12-16,19,29-41H2,1-7H3,(H,62,66)/t43?,44?,51-,52?,53+,54?,55?,56?,59-,60+/m0/s1. The highest BCUT2D eigenvalue weighted by Crippen LogP contribution is 2.67. The van der Waals surface area contributed by atoms with Gasteiger partial charge in [-0.05, 0) is 158 Å². The van der Waals surface area contributed by atoms with Crippen molar-refractivity contribution in [2.24, 2.45) is 52.3 Å². The Bertz CT molecular complexity index is 2120. The Kier molecular flexibility index (Phi) is 16.6. The number of β-amino-alcohol motifs (C(OH)–C–C–N with tert-alkyl or cyclic N) is 1. The van der Waals surface area contributed by atoms with Crippen molar-refractivity contribution in [1.29, 1.82) is 0 Å². The van der Waals surface area contributed by atoms with Crippen molar-refractivity contribution in [3.05, 3.63) is 107 Å². The van der Waals surface area contributed by atoms with Crippen molar-refractivity contribution in [3.8, 4) is 11.5 Å². The number of hydrogen-bond acceptors (Lipinski definition) is 6. The maximum atomic E-state index is 13.5. The van der Waals surface area contributed by atoms with Crippen LogP contribution in [0.3, 0.4) is 0 Å². The van der Waals surface area contributed by atoms with Gasteiger partial charge in [0.25, 0.3) is 0 Å². The summed E-state index contributed by atoms with van der Waals surface area (Å²) < 4.78 is 17.1. The average molecular weight is 943 g/mol. The number of aliphatic hydroxyl groups excluding tert-OH is 1. The van der Waals surface area contributed by atoms with E-state index >= 15 is 0 Å². The maximum absolute atomic E-state index is 13.5. The van der Waals surface area contributed by atoms with Gasteiger partial charge >= 0.3 is 6.09 Å². The van der Waals surface area contributed by atoms with Gasteiger partial charge in [-0.1, -0.05) is 127 Å². The second kappa shape index (κ2) is 22.4. The molecule has 1 heterocycles. The molecule has 0 spiro atoms. The molecule has 8 rings (SSSR count). The van der Waals surface area contributed by atoms with E-state index in [0.717, 1.165) is 109 Å². The predicted molar refractivity (Wildman–Crippen MR) is 277 cm³/mol. The summed E-state index contributed by atoms with van der Waals surface area (Å²) in [7, 11) is 3.37. The molecule has 3 saturated carbocycles. The summed E-state index contributed by atoms with van der Waals surface area (Å²) in [6, 6.07) is 27.2. The lowest BCUT2D eigenvalue weighted by atomic mass is 9.47. The molecular formula is C61H86N2O6. The molecule has 4 fully saturated rings. The van der Waals surface area contributed by atoms with Gasteiger partial charge in [0.05, 0.1) is 20.3 Å². The van der Waals surface area contributed by atoms with E-state index in [-0.39, 0.29) is 29.4 Å². The summed E-state index contributed by atoms with van der Waals surface area (Å²) >= 11 is 0. The fourth-order valence-electron chi connectivity index (χ4n) is 15.0. The zero-order valence-electron chi connectivity index (χ0n) is 43.4. The molecule has 2 amide bonds. The molecule has 1 aliphatic heterocycles. The maximum Gasteiger partial charge on any atom is 0.407 e. The van der Waals surface area contributed by atoms with E-state index in [0.29, 0.717) is 31.5 Å². The molecule has 2 N–H and O–H groups in total. The minimum Gasteiger partial charge on any atom is -0.497 e. The highest BCUT2D eigenvalue weighted by Gasteiger charge is 2.59. The first kappa shape index (κ1) is 51.1. The molecule has 69 heavy (non-hydrogen) atoms. The molecule has 0 bridgehead atoms. The number of ether oxygens (including phenoxy) is 3. The van der Waals surface area contributed by atoms with Crippen LogP contribution in [0.25, 0.3) is 0 Å². The van der Waals surface area contributed by atoms with Gasteiger partial charge < -0.3 is 29.5 Å². The monoisotopic (exact) mass is 943 g/mol. The highest BCUT2D eigenvalue weighted by atomic mass is 16.6. The van der Waals surface area contributed by atoms with Crippen molar-refractivity contribution < 1.29 is 28.9 Å². The predicted octanol–water partition coefficient (Wildman–Crippen LogP) is 13.3. The summed E-state index contributed by atoms with van der Waals surface area (Å²) in [6.07, 6.45) is 19.8. The van der Waals surface area contributed by atoms with Gasteiger partial charge in [-0.2, -0.15) is 0 Å². The molecule has 4 aliphatic carbocycles. The Balaban J connectivity index is 0.774. The van der Waals surface area contributed by atoms with E-state index in [9.17, 15) is 14.7 Å². The van der Waals surface area contributed by atoms with Gasteiger partial charge in [0.1, 0.15) is 17.6 Å². The number of rotatable bonds is 20. The zero-order valence-corrected chi connectivity index (χ0v) is 43.4. The first-order chi connectivity index (χ1) is 33.3. The van der Waals surface area contributed by atoms with Gasteiger partial charge in [0.2, 0.25) is 5.91 Å². The van der Waals surface area contributed by atoms with E-state index in [1.165, 1.54) is 56.9 Å². The van der Waals surface area contributed by atoms with E-state index < -0.39 is 11.5 Å². The van der Waals surface area contributed by atoms with Gasteiger partial charge in [-0.3, -0.25) is 4.79 Å². The number of nitrogens with one attached hydrogen (secondary N) is 1. The normalized spacial score (nSPS) is 29.1. The second-order valence-corrected chi connectivity index (χ2v) is 23.2. The lowest BCUT2D eigenvalue weighted by Gasteiger charge is -2.58. The molecule has 3 aromatic rings. The fraction of sp³-hybridized carbons (Fsp3) is 0.639. The third kappa shape index (κ3) is 11.0. The molecule has 10 atom stereocenters.